The molecule has 3 aromatic rings. The number of thioether (sulfide) groups is 1. The molecule has 7 nitrogen and oxygen atoms in total. The SMILES string of the molecule is Cc1nc(CSCC(=O)Nc2ccnn2Cc2cccc(Cl)c2Cl)no1. The maximum Gasteiger partial charge on any atom is 0.235 e. The zero-order valence-corrected chi connectivity index (χ0v) is 16.1. The third kappa shape index (κ3) is 4.78. The zero-order chi connectivity index (χ0) is 18.5. The van der Waals surface area contributed by atoms with Crippen LogP contribution < -0.4 is 5.32 Å². The van der Waals surface area contributed by atoms with Gasteiger partial charge in [-0.05, 0) is 11.6 Å². The van der Waals surface area contributed by atoms with Crippen molar-refractivity contribution in [1.82, 2.24) is 19.9 Å². The van der Waals surface area contributed by atoms with Crippen LogP contribution in [0, 0.1) is 6.92 Å². The van der Waals surface area contributed by atoms with Crippen LogP contribution in [0.3, 0.4) is 0 Å². The van der Waals surface area contributed by atoms with Crippen molar-refractivity contribution in [1.29, 1.82) is 0 Å². The van der Waals surface area contributed by atoms with Crippen LogP contribution in [0.5, 0.6) is 0 Å². The molecular formula is C16H15Cl2N5O2S. The van der Waals surface area contributed by atoms with Crippen molar-refractivity contribution < 1.29 is 9.32 Å². The number of nitrogens with zero attached hydrogens (tertiary/aromatic N) is 4. The highest BCUT2D eigenvalue weighted by Gasteiger charge is 2.11. The standard InChI is InChI=1S/C16H15Cl2N5O2S/c1-10-20-13(22-25-10)8-26-9-15(24)21-14-5-6-19-23(14)7-11-3-2-4-12(17)16(11)18/h2-6H,7-9H2,1H3,(H,21,24). The van der Waals surface area contributed by atoms with Crippen molar-refractivity contribution >= 4 is 46.7 Å². The van der Waals surface area contributed by atoms with Gasteiger partial charge in [-0.1, -0.05) is 40.5 Å². The molecule has 0 atom stereocenters. The highest BCUT2D eigenvalue weighted by molar-refractivity contribution is 7.99. The molecule has 0 bridgehead atoms. The molecule has 136 valence electrons. The number of halogens is 2. The molecule has 10 heteroatoms. The monoisotopic (exact) mass is 411 g/mol. The highest BCUT2D eigenvalue weighted by atomic mass is 35.5. The molecule has 2 aromatic heterocycles. The summed E-state index contributed by atoms with van der Waals surface area (Å²) in [6.45, 7) is 2.12. The summed E-state index contributed by atoms with van der Waals surface area (Å²) >= 11 is 13.6. The molecule has 0 aliphatic rings. The van der Waals surface area contributed by atoms with Crippen molar-refractivity contribution in [2.24, 2.45) is 0 Å². The third-order valence-corrected chi connectivity index (χ3v) is 5.16. The number of nitrogens with one attached hydrogen (secondary N) is 1. The number of amides is 1. The predicted octanol–water partition coefficient (Wildman–Crippen LogP) is 3.80. The van der Waals surface area contributed by atoms with Gasteiger partial charge < -0.3 is 9.84 Å². The molecular weight excluding hydrogens is 397 g/mol. The Labute approximate surface area is 164 Å². The topological polar surface area (TPSA) is 85.8 Å². The van der Waals surface area contributed by atoms with Gasteiger partial charge in [0.25, 0.3) is 0 Å². The number of hydrogen-bond acceptors (Lipinski definition) is 6. The van der Waals surface area contributed by atoms with Crippen LogP contribution in [-0.4, -0.2) is 31.6 Å². The predicted molar refractivity (Wildman–Crippen MR) is 102 cm³/mol. The van der Waals surface area contributed by atoms with Crippen molar-refractivity contribution in [2.45, 2.75) is 19.2 Å². The van der Waals surface area contributed by atoms with Gasteiger partial charge in [-0.25, -0.2) is 4.68 Å². The van der Waals surface area contributed by atoms with Gasteiger partial charge in [0.2, 0.25) is 11.8 Å². The first-order chi connectivity index (χ1) is 12.5. The fourth-order valence-corrected chi connectivity index (χ4v) is 3.25. The smallest absolute Gasteiger partial charge is 0.235 e. The second kappa shape index (κ2) is 8.57. The second-order valence-corrected chi connectivity index (χ2v) is 7.13. The molecule has 1 aromatic carbocycles. The Balaban J connectivity index is 1.56. The van der Waals surface area contributed by atoms with E-state index < -0.39 is 0 Å². The molecule has 0 unspecified atom stereocenters. The largest absolute Gasteiger partial charge is 0.340 e. The van der Waals surface area contributed by atoms with E-state index in [1.807, 2.05) is 12.1 Å². The summed E-state index contributed by atoms with van der Waals surface area (Å²) in [5, 5.41) is 11.8. The Kier molecular flexibility index (Phi) is 6.18. The summed E-state index contributed by atoms with van der Waals surface area (Å²) < 4.78 is 6.55. The summed E-state index contributed by atoms with van der Waals surface area (Å²) in [5.41, 5.74) is 0.820. The third-order valence-electron chi connectivity index (χ3n) is 3.37. The van der Waals surface area contributed by atoms with Crippen LogP contribution >= 0.6 is 35.0 Å². The van der Waals surface area contributed by atoms with E-state index >= 15 is 0 Å². The van der Waals surface area contributed by atoms with E-state index in [-0.39, 0.29) is 11.7 Å². The van der Waals surface area contributed by atoms with E-state index in [1.54, 1.807) is 29.9 Å². The summed E-state index contributed by atoms with van der Waals surface area (Å²) in [4.78, 5) is 16.2. The lowest BCUT2D eigenvalue weighted by atomic mass is 10.2. The molecule has 1 N–H and O–H groups in total. The Morgan fingerprint density at radius 3 is 2.96 bits per heavy atom. The van der Waals surface area contributed by atoms with Crippen molar-refractivity contribution in [3.8, 4) is 0 Å². The van der Waals surface area contributed by atoms with Crippen LogP contribution in [-0.2, 0) is 17.1 Å². The van der Waals surface area contributed by atoms with Gasteiger partial charge in [0.05, 0.1) is 34.3 Å². The number of aromatic nitrogens is 4. The molecule has 0 aliphatic heterocycles. The number of rotatable bonds is 7. The molecule has 2 heterocycles. The molecule has 26 heavy (non-hydrogen) atoms. The van der Waals surface area contributed by atoms with Crippen LogP contribution in [0.25, 0.3) is 0 Å². The van der Waals surface area contributed by atoms with Crippen LogP contribution in [0.4, 0.5) is 5.82 Å². The van der Waals surface area contributed by atoms with Gasteiger partial charge in [0, 0.05) is 13.0 Å². The fourth-order valence-electron chi connectivity index (χ4n) is 2.21. The summed E-state index contributed by atoms with van der Waals surface area (Å²) in [7, 11) is 0. The van der Waals surface area contributed by atoms with Gasteiger partial charge >= 0.3 is 0 Å². The minimum Gasteiger partial charge on any atom is -0.340 e. The average molecular weight is 412 g/mol. The Bertz CT molecular complexity index is 912. The quantitative estimate of drug-likeness (QED) is 0.635. The Morgan fingerprint density at radius 1 is 1.35 bits per heavy atom. The average Bonchev–Trinajstić information content (AvgIpc) is 3.21. The number of anilines is 1. The number of aryl methyl sites for hydroxylation is 1. The minimum absolute atomic E-state index is 0.144. The maximum absolute atomic E-state index is 12.1. The molecule has 0 saturated heterocycles. The molecule has 1 amide bonds. The van der Waals surface area contributed by atoms with Gasteiger partial charge in [-0.2, -0.15) is 10.1 Å². The first kappa shape index (κ1) is 18.8. The lowest BCUT2D eigenvalue weighted by molar-refractivity contribution is -0.113. The van der Waals surface area contributed by atoms with Crippen LogP contribution in [0.15, 0.2) is 35.0 Å². The fraction of sp³-hybridized carbons (Fsp3) is 0.250. The number of hydrogen-bond donors (Lipinski definition) is 1. The number of carbonyl (C=O) groups is 1. The normalized spacial score (nSPS) is 10.9. The van der Waals surface area contributed by atoms with E-state index in [0.717, 1.165) is 5.56 Å². The summed E-state index contributed by atoms with van der Waals surface area (Å²) in [5.74, 6) is 2.28. The van der Waals surface area contributed by atoms with E-state index in [1.165, 1.54) is 11.8 Å². The van der Waals surface area contributed by atoms with Gasteiger partial charge in [-0.3, -0.25) is 4.79 Å². The van der Waals surface area contributed by atoms with Crippen molar-refractivity contribution in [3.05, 3.63) is 57.8 Å². The summed E-state index contributed by atoms with van der Waals surface area (Å²) in [6, 6.07) is 7.14. The lowest BCUT2D eigenvalue weighted by Crippen LogP contribution is -2.18. The van der Waals surface area contributed by atoms with Gasteiger partial charge in [-0.15, -0.1) is 11.8 Å². The van der Waals surface area contributed by atoms with Gasteiger partial charge in [0.1, 0.15) is 5.82 Å². The Morgan fingerprint density at radius 2 is 2.19 bits per heavy atom. The molecule has 0 radical (unpaired) electrons. The van der Waals surface area contributed by atoms with Crippen molar-refractivity contribution in [2.75, 3.05) is 11.1 Å². The lowest BCUT2D eigenvalue weighted by Gasteiger charge is -2.10. The number of benzene rings is 1. The van der Waals surface area contributed by atoms with E-state index in [0.29, 0.717) is 39.9 Å². The zero-order valence-electron chi connectivity index (χ0n) is 13.8. The second-order valence-electron chi connectivity index (χ2n) is 5.36. The van der Waals surface area contributed by atoms with E-state index in [9.17, 15) is 4.79 Å². The van der Waals surface area contributed by atoms with Crippen LogP contribution in [0.1, 0.15) is 17.3 Å². The molecule has 0 saturated carbocycles. The maximum atomic E-state index is 12.1. The molecule has 0 aliphatic carbocycles. The first-order valence-corrected chi connectivity index (χ1v) is 9.55. The highest BCUT2D eigenvalue weighted by Crippen LogP contribution is 2.26. The van der Waals surface area contributed by atoms with E-state index in [4.69, 9.17) is 27.7 Å². The Hall–Kier alpha value is -2.03. The molecule has 3 rings (SSSR count). The van der Waals surface area contributed by atoms with Crippen LogP contribution in [0.2, 0.25) is 10.0 Å². The van der Waals surface area contributed by atoms with E-state index in [2.05, 4.69) is 20.6 Å². The summed E-state index contributed by atoms with van der Waals surface area (Å²) in [6.07, 6.45) is 1.61. The number of carbonyl (C=O) groups excluding carboxylic acids is 1. The minimum atomic E-state index is -0.144. The van der Waals surface area contributed by atoms with Gasteiger partial charge in [0.15, 0.2) is 5.82 Å². The molecule has 0 fully saturated rings. The molecule has 0 spiro atoms. The van der Waals surface area contributed by atoms with Crippen molar-refractivity contribution in [3.63, 3.8) is 0 Å². The first-order valence-electron chi connectivity index (χ1n) is 7.64.